The van der Waals surface area contributed by atoms with Gasteiger partial charge in [0.05, 0.1) is 11.8 Å². The zero-order valence-electron chi connectivity index (χ0n) is 14.7. The molecule has 4 nitrogen and oxygen atoms in total. The Labute approximate surface area is 140 Å². The first-order chi connectivity index (χ1) is 11.1. The Kier molecular flexibility index (Phi) is 6.59. The summed E-state index contributed by atoms with van der Waals surface area (Å²) in [6.07, 6.45) is 8.20. The van der Waals surface area contributed by atoms with Gasteiger partial charge in [0.15, 0.2) is 0 Å². The van der Waals surface area contributed by atoms with Gasteiger partial charge in [-0.25, -0.2) is 0 Å². The van der Waals surface area contributed by atoms with Crippen LogP contribution in [0.5, 0.6) is 0 Å². The molecule has 0 aromatic rings. The fourth-order valence-electron chi connectivity index (χ4n) is 3.91. The third kappa shape index (κ3) is 3.94. The molecule has 0 aromatic heterocycles. The summed E-state index contributed by atoms with van der Waals surface area (Å²) in [5.74, 6) is -1.17. The van der Waals surface area contributed by atoms with Gasteiger partial charge in [-0.15, -0.1) is 0 Å². The zero-order valence-corrected chi connectivity index (χ0v) is 15.7. The molecule has 0 bridgehead atoms. The normalized spacial score (nSPS) is 24.4. The molecule has 2 unspecified atom stereocenters. The van der Waals surface area contributed by atoms with Crippen molar-refractivity contribution in [3.8, 4) is 0 Å². The highest BCUT2D eigenvalue weighted by Gasteiger charge is 2.49. The first-order valence-corrected chi connectivity index (χ1v) is 11.5. The van der Waals surface area contributed by atoms with Crippen LogP contribution in [-0.2, 0) is 18.8 Å². The van der Waals surface area contributed by atoms with Crippen LogP contribution in [0.3, 0.4) is 0 Å². The standard InChI is InChI=1S/C18H30O4Si/c1-4-7-11-23(21-6-3,12-8-5-2)14-9-10-15-16(13-14)18(20)22-17(15)19/h9,15-16H,4-8,10-13H2,1-3H3. The molecule has 2 atom stereocenters. The summed E-state index contributed by atoms with van der Waals surface area (Å²) in [6.45, 7) is 7.22. The predicted molar refractivity (Wildman–Crippen MR) is 92.2 cm³/mol. The second kappa shape index (κ2) is 8.24. The number of unbranched alkanes of at least 4 members (excludes halogenated alkanes) is 2. The van der Waals surface area contributed by atoms with Crippen LogP contribution in [0, 0.1) is 11.8 Å². The first kappa shape index (κ1) is 18.4. The molecular weight excluding hydrogens is 308 g/mol. The van der Waals surface area contributed by atoms with Gasteiger partial charge in [0.2, 0.25) is 8.32 Å². The molecule has 5 heteroatoms. The van der Waals surface area contributed by atoms with Crippen molar-refractivity contribution in [2.75, 3.05) is 6.61 Å². The van der Waals surface area contributed by atoms with E-state index in [1.165, 1.54) is 18.0 Å². The Morgan fingerprint density at radius 2 is 1.70 bits per heavy atom. The van der Waals surface area contributed by atoms with Crippen molar-refractivity contribution in [3.63, 3.8) is 0 Å². The van der Waals surface area contributed by atoms with Crippen LogP contribution in [0.2, 0.25) is 12.1 Å². The molecule has 0 spiro atoms. The molecule has 2 rings (SSSR count). The van der Waals surface area contributed by atoms with Crippen molar-refractivity contribution >= 4 is 20.3 Å². The van der Waals surface area contributed by atoms with Gasteiger partial charge in [0.1, 0.15) is 0 Å². The lowest BCUT2D eigenvalue weighted by Gasteiger charge is -2.37. The Morgan fingerprint density at radius 3 is 2.26 bits per heavy atom. The number of hydrogen-bond acceptors (Lipinski definition) is 4. The Morgan fingerprint density at radius 1 is 1.09 bits per heavy atom. The number of ether oxygens (including phenoxy) is 1. The van der Waals surface area contributed by atoms with Crippen LogP contribution >= 0.6 is 0 Å². The summed E-state index contributed by atoms with van der Waals surface area (Å²) in [6, 6.07) is 2.26. The summed E-state index contributed by atoms with van der Waals surface area (Å²) >= 11 is 0. The molecule has 1 saturated heterocycles. The summed E-state index contributed by atoms with van der Waals surface area (Å²) < 4.78 is 11.3. The average Bonchev–Trinajstić information content (AvgIpc) is 2.84. The summed E-state index contributed by atoms with van der Waals surface area (Å²) in [5.41, 5.74) is 0. The third-order valence-electron chi connectivity index (χ3n) is 5.22. The van der Waals surface area contributed by atoms with Crippen molar-refractivity contribution in [3.05, 3.63) is 11.3 Å². The van der Waals surface area contributed by atoms with Gasteiger partial charge in [0, 0.05) is 6.61 Å². The first-order valence-electron chi connectivity index (χ1n) is 9.17. The number of esters is 2. The van der Waals surface area contributed by atoms with Gasteiger partial charge in [-0.3, -0.25) is 9.59 Å². The fourth-order valence-corrected chi connectivity index (χ4v) is 8.76. The lowest BCUT2D eigenvalue weighted by atomic mass is 9.85. The van der Waals surface area contributed by atoms with Gasteiger partial charge >= 0.3 is 11.9 Å². The minimum atomic E-state index is -2.01. The largest absolute Gasteiger partial charge is 0.413 e. The van der Waals surface area contributed by atoms with Crippen LogP contribution < -0.4 is 0 Å². The summed E-state index contributed by atoms with van der Waals surface area (Å²) in [4.78, 5) is 23.7. The molecule has 1 aliphatic carbocycles. The van der Waals surface area contributed by atoms with Crippen LogP contribution in [-0.4, -0.2) is 26.9 Å². The maximum absolute atomic E-state index is 12.0. The van der Waals surface area contributed by atoms with E-state index in [0.717, 1.165) is 31.5 Å². The van der Waals surface area contributed by atoms with Gasteiger partial charge in [0.25, 0.3) is 0 Å². The maximum Gasteiger partial charge on any atom is 0.317 e. The lowest BCUT2D eigenvalue weighted by molar-refractivity contribution is -0.153. The van der Waals surface area contributed by atoms with E-state index in [-0.39, 0.29) is 23.8 Å². The quantitative estimate of drug-likeness (QED) is 0.360. The van der Waals surface area contributed by atoms with E-state index in [9.17, 15) is 9.59 Å². The van der Waals surface area contributed by atoms with E-state index in [1.807, 2.05) is 0 Å². The fraction of sp³-hybridized carbons (Fsp3) is 0.778. The van der Waals surface area contributed by atoms with Gasteiger partial charge < -0.3 is 9.16 Å². The molecule has 0 N–H and O–H groups in total. The lowest BCUT2D eigenvalue weighted by Crippen LogP contribution is -2.43. The van der Waals surface area contributed by atoms with Crippen molar-refractivity contribution in [1.82, 2.24) is 0 Å². The van der Waals surface area contributed by atoms with Crippen molar-refractivity contribution < 1.29 is 18.8 Å². The molecule has 1 heterocycles. The monoisotopic (exact) mass is 338 g/mol. The minimum Gasteiger partial charge on any atom is -0.413 e. The Balaban J connectivity index is 2.24. The summed E-state index contributed by atoms with van der Waals surface area (Å²) in [5, 5.41) is 1.36. The number of carbonyl (C=O) groups excluding carboxylic acids is 2. The number of rotatable bonds is 9. The number of fused-ring (bicyclic) bond motifs is 1. The van der Waals surface area contributed by atoms with E-state index in [0.29, 0.717) is 12.8 Å². The van der Waals surface area contributed by atoms with E-state index < -0.39 is 8.32 Å². The summed E-state index contributed by atoms with van der Waals surface area (Å²) in [7, 11) is -2.01. The zero-order chi connectivity index (χ0) is 16.9. The maximum atomic E-state index is 12.0. The minimum absolute atomic E-state index is 0.253. The Bertz CT molecular complexity index is 464. The molecular formula is C18H30O4Si. The topological polar surface area (TPSA) is 52.6 Å². The highest BCUT2D eigenvalue weighted by molar-refractivity contribution is 6.81. The van der Waals surface area contributed by atoms with Crippen LogP contribution in [0.15, 0.2) is 11.3 Å². The average molecular weight is 339 g/mol. The number of cyclic esters (lactones) is 2. The van der Waals surface area contributed by atoms with Gasteiger partial charge in [-0.05, 0) is 31.9 Å². The van der Waals surface area contributed by atoms with Crippen molar-refractivity contribution in [2.24, 2.45) is 11.8 Å². The van der Waals surface area contributed by atoms with E-state index in [2.05, 4.69) is 26.8 Å². The smallest absolute Gasteiger partial charge is 0.317 e. The van der Waals surface area contributed by atoms with Crippen LogP contribution in [0.4, 0.5) is 0 Å². The second-order valence-electron chi connectivity index (χ2n) is 6.76. The molecule has 0 saturated carbocycles. The van der Waals surface area contributed by atoms with Gasteiger partial charge in [-0.1, -0.05) is 50.8 Å². The third-order valence-corrected chi connectivity index (χ3v) is 9.97. The predicted octanol–water partition coefficient (Wildman–Crippen LogP) is 4.14. The van der Waals surface area contributed by atoms with Crippen LogP contribution in [0.25, 0.3) is 0 Å². The van der Waals surface area contributed by atoms with E-state index in [4.69, 9.17) is 9.16 Å². The molecule has 2 aliphatic rings. The van der Waals surface area contributed by atoms with Crippen LogP contribution in [0.1, 0.15) is 59.3 Å². The number of hydrogen-bond donors (Lipinski definition) is 0. The van der Waals surface area contributed by atoms with E-state index >= 15 is 0 Å². The SMILES string of the molecule is CCCC[Si](CCCC)(OCC)C1=CCC2C(=O)OC(=O)C2C1. The van der Waals surface area contributed by atoms with Crippen molar-refractivity contribution in [2.45, 2.75) is 71.4 Å². The molecule has 1 aliphatic heterocycles. The van der Waals surface area contributed by atoms with Crippen molar-refractivity contribution in [1.29, 1.82) is 0 Å². The van der Waals surface area contributed by atoms with Gasteiger partial charge in [-0.2, -0.15) is 0 Å². The second-order valence-corrected chi connectivity index (χ2v) is 10.7. The van der Waals surface area contributed by atoms with E-state index in [1.54, 1.807) is 0 Å². The molecule has 23 heavy (non-hydrogen) atoms. The Hall–Kier alpha value is -0.943. The molecule has 130 valence electrons. The molecule has 1 fully saturated rings. The highest BCUT2D eigenvalue weighted by Crippen LogP contribution is 2.42. The molecule has 0 radical (unpaired) electrons. The molecule has 0 amide bonds. The highest BCUT2D eigenvalue weighted by atomic mass is 28.4. The number of allylic oxidation sites excluding steroid dienone is 2. The number of carbonyl (C=O) groups is 2. The molecule has 0 aromatic carbocycles.